The van der Waals surface area contributed by atoms with E-state index in [1.165, 1.54) is 30.3 Å². The van der Waals surface area contributed by atoms with Crippen LogP contribution in [0.15, 0.2) is 70.4 Å². The van der Waals surface area contributed by atoms with E-state index in [1.807, 2.05) is 0 Å². The first-order valence-corrected chi connectivity index (χ1v) is 11.5. The van der Waals surface area contributed by atoms with Gasteiger partial charge in [-0.15, -0.1) is 0 Å². The van der Waals surface area contributed by atoms with Gasteiger partial charge in [0, 0.05) is 16.8 Å². The Bertz CT molecular complexity index is 1450. The molecule has 0 radical (unpaired) electrons. The number of benzene rings is 3. The van der Waals surface area contributed by atoms with Crippen molar-refractivity contribution in [3.8, 4) is 22.6 Å². The van der Waals surface area contributed by atoms with Crippen molar-refractivity contribution in [3.05, 3.63) is 87.6 Å². The standard InChI is InChI=1S/C21H16ClFN4O4S/c1-32(29,30)20-4-2-3-18(27-21(28)24-25-26-27)16(20)12-31-19-11-14(7-10-17(19)23)13-5-8-15(22)9-6-13/h2-11H,12H2,1H3,(H,24,26,28). The number of halogens is 2. The molecule has 0 saturated carbocycles. The predicted molar refractivity (Wildman–Crippen MR) is 116 cm³/mol. The van der Waals surface area contributed by atoms with Crippen LogP contribution in [0.5, 0.6) is 5.75 Å². The molecular weight excluding hydrogens is 459 g/mol. The molecule has 0 atom stereocenters. The molecule has 4 rings (SSSR count). The summed E-state index contributed by atoms with van der Waals surface area (Å²) in [4.78, 5) is 11.9. The topological polar surface area (TPSA) is 107 Å². The summed E-state index contributed by atoms with van der Waals surface area (Å²) in [6, 6.07) is 15.7. The number of rotatable bonds is 6. The van der Waals surface area contributed by atoms with Gasteiger partial charge in [-0.3, -0.25) is 0 Å². The number of ether oxygens (including phenoxy) is 1. The van der Waals surface area contributed by atoms with E-state index in [2.05, 4.69) is 15.5 Å². The summed E-state index contributed by atoms with van der Waals surface area (Å²) in [5, 5.41) is 9.82. The van der Waals surface area contributed by atoms with Crippen LogP contribution in [0.4, 0.5) is 4.39 Å². The molecule has 0 saturated heterocycles. The number of hydrogen-bond donors (Lipinski definition) is 1. The van der Waals surface area contributed by atoms with Crippen molar-refractivity contribution < 1.29 is 17.5 Å². The quantitative estimate of drug-likeness (QED) is 0.459. The average molecular weight is 475 g/mol. The Morgan fingerprint density at radius 2 is 1.81 bits per heavy atom. The van der Waals surface area contributed by atoms with E-state index in [-0.39, 0.29) is 28.5 Å². The van der Waals surface area contributed by atoms with Crippen LogP contribution in [0.3, 0.4) is 0 Å². The minimum Gasteiger partial charge on any atom is -0.486 e. The number of sulfone groups is 1. The number of aromatic nitrogens is 4. The second-order valence-electron chi connectivity index (χ2n) is 6.88. The smallest absolute Gasteiger partial charge is 0.365 e. The third kappa shape index (κ3) is 4.41. The van der Waals surface area contributed by atoms with Crippen molar-refractivity contribution in [2.75, 3.05) is 6.26 Å². The zero-order valence-corrected chi connectivity index (χ0v) is 18.2. The van der Waals surface area contributed by atoms with Crippen LogP contribution in [-0.2, 0) is 16.4 Å². The largest absolute Gasteiger partial charge is 0.486 e. The molecule has 1 heterocycles. The lowest BCUT2D eigenvalue weighted by atomic mass is 10.1. The Balaban J connectivity index is 1.74. The van der Waals surface area contributed by atoms with Gasteiger partial charge >= 0.3 is 5.69 Å². The fourth-order valence-corrected chi connectivity index (χ4v) is 4.25. The maximum atomic E-state index is 14.5. The van der Waals surface area contributed by atoms with Gasteiger partial charge in [-0.05, 0) is 58.0 Å². The maximum absolute atomic E-state index is 14.5. The van der Waals surface area contributed by atoms with Crippen LogP contribution in [-0.4, -0.2) is 34.9 Å². The highest BCUT2D eigenvalue weighted by Crippen LogP contribution is 2.29. The first-order chi connectivity index (χ1) is 15.2. The summed E-state index contributed by atoms with van der Waals surface area (Å²) < 4.78 is 45.7. The normalized spacial score (nSPS) is 11.5. The highest BCUT2D eigenvalue weighted by Gasteiger charge is 2.20. The molecule has 32 heavy (non-hydrogen) atoms. The van der Waals surface area contributed by atoms with Gasteiger partial charge in [0.05, 0.1) is 10.6 Å². The van der Waals surface area contributed by atoms with Crippen LogP contribution < -0.4 is 10.4 Å². The third-order valence-corrected chi connectivity index (χ3v) is 6.12. The monoisotopic (exact) mass is 474 g/mol. The molecule has 1 aromatic heterocycles. The Labute approximate surface area is 187 Å². The lowest BCUT2D eigenvalue weighted by Gasteiger charge is -2.15. The molecule has 11 heteroatoms. The van der Waals surface area contributed by atoms with Gasteiger partial charge in [-0.2, -0.15) is 4.68 Å². The molecule has 0 aliphatic rings. The molecule has 0 spiro atoms. The zero-order chi connectivity index (χ0) is 22.9. The van der Waals surface area contributed by atoms with Gasteiger partial charge in [0.1, 0.15) is 6.61 Å². The highest BCUT2D eigenvalue weighted by molar-refractivity contribution is 7.90. The Morgan fingerprint density at radius 1 is 1.09 bits per heavy atom. The van der Waals surface area contributed by atoms with Crippen molar-refractivity contribution in [1.82, 2.24) is 20.2 Å². The minimum absolute atomic E-state index is 0.0702. The van der Waals surface area contributed by atoms with E-state index in [0.29, 0.717) is 10.6 Å². The second kappa shape index (κ2) is 8.56. The number of nitrogens with one attached hydrogen (secondary N) is 1. The van der Waals surface area contributed by atoms with Crippen molar-refractivity contribution in [2.24, 2.45) is 0 Å². The number of aromatic amines is 1. The number of nitrogens with zero attached hydrogens (tertiary/aromatic N) is 3. The molecule has 164 valence electrons. The molecule has 0 fully saturated rings. The molecule has 0 aliphatic heterocycles. The third-order valence-electron chi connectivity index (χ3n) is 4.69. The predicted octanol–water partition coefficient (Wildman–Crippen LogP) is 3.40. The van der Waals surface area contributed by atoms with Gasteiger partial charge < -0.3 is 4.74 Å². The van der Waals surface area contributed by atoms with E-state index >= 15 is 0 Å². The van der Waals surface area contributed by atoms with Gasteiger partial charge in [0.25, 0.3) is 0 Å². The van der Waals surface area contributed by atoms with Crippen molar-refractivity contribution in [2.45, 2.75) is 11.5 Å². The SMILES string of the molecule is CS(=O)(=O)c1cccc(-n2nn[nH]c2=O)c1COc1cc(-c2ccc(Cl)cc2)ccc1F. The van der Waals surface area contributed by atoms with Crippen molar-refractivity contribution >= 4 is 21.4 Å². The molecule has 0 amide bonds. The van der Waals surface area contributed by atoms with Crippen LogP contribution in [0.25, 0.3) is 16.8 Å². The summed E-state index contributed by atoms with van der Waals surface area (Å²) in [7, 11) is -3.69. The van der Waals surface area contributed by atoms with Crippen molar-refractivity contribution in [1.29, 1.82) is 0 Å². The number of hydrogen-bond acceptors (Lipinski definition) is 6. The minimum atomic E-state index is -3.69. The summed E-state index contributed by atoms with van der Waals surface area (Å²) in [5.41, 5.74) is 1.11. The first-order valence-electron chi connectivity index (χ1n) is 9.25. The molecule has 0 aliphatic carbocycles. The Hall–Kier alpha value is -3.50. The number of tetrazole rings is 1. The van der Waals surface area contributed by atoms with E-state index in [4.69, 9.17) is 16.3 Å². The lowest BCUT2D eigenvalue weighted by Crippen LogP contribution is -2.19. The van der Waals surface area contributed by atoms with Crippen LogP contribution in [0.2, 0.25) is 5.02 Å². The van der Waals surface area contributed by atoms with Gasteiger partial charge in [-0.25, -0.2) is 22.7 Å². The van der Waals surface area contributed by atoms with Crippen LogP contribution in [0.1, 0.15) is 5.56 Å². The fourth-order valence-electron chi connectivity index (χ4n) is 3.19. The van der Waals surface area contributed by atoms with Gasteiger partial charge in [0.15, 0.2) is 21.4 Å². The summed E-state index contributed by atoms with van der Waals surface area (Å²) in [5.74, 6) is -0.709. The van der Waals surface area contributed by atoms with E-state index in [1.54, 1.807) is 30.3 Å². The molecule has 8 nitrogen and oxygen atoms in total. The Kier molecular flexibility index (Phi) is 5.81. The molecule has 3 aromatic carbocycles. The molecule has 0 bridgehead atoms. The average Bonchev–Trinajstić information content (AvgIpc) is 3.18. The van der Waals surface area contributed by atoms with Gasteiger partial charge in [-0.1, -0.05) is 35.9 Å². The molecule has 4 aromatic rings. The van der Waals surface area contributed by atoms with E-state index in [0.717, 1.165) is 16.5 Å². The maximum Gasteiger partial charge on any atom is 0.365 e. The molecule has 0 unspecified atom stereocenters. The van der Waals surface area contributed by atoms with Crippen molar-refractivity contribution in [3.63, 3.8) is 0 Å². The zero-order valence-electron chi connectivity index (χ0n) is 16.6. The summed E-state index contributed by atoms with van der Waals surface area (Å²) in [6.45, 7) is -0.334. The fraction of sp³-hybridized carbons (Fsp3) is 0.0952. The Morgan fingerprint density at radius 3 is 2.47 bits per heavy atom. The van der Waals surface area contributed by atoms with Gasteiger partial charge in [0.2, 0.25) is 0 Å². The van der Waals surface area contributed by atoms with E-state index < -0.39 is 21.3 Å². The van der Waals surface area contributed by atoms with Crippen LogP contribution >= 0.6 is 11.6 Å². The summed E-state index contributed by atoms with van der Waals surface area (Å²) in [6.07, 6.45) is 1.03. The highest BCUT2D eigenvalue weighted by atomic mass is 35.5. The first kappa shape index (κ1) is 21.7. The number of H-pyrrole nitrogens is 1. The second-order valence-corrected chi connectivity index (χ2v) is 9.31. The molecule has 1 N–H and O–H groups in total. The lowest BCUT2D eigenvalue weighted by molar-refractivity contribution is 0.287. The van der Waals surface area contributed by atoms with E-state index in [9.17, 15) is 17.6 Å². The van der Waals surface area contributed by atoms with Crippen LogP contribution in [0, 0.1) is 5.82 Å². The summed E-state index contributed by atoms with van der Waals surface area (Å²) >= 11 is 5.92. The molecular formula is C21H16ClFN4O4S.